The molecule has 1 heterocycles. The van der Waals surface area contributed by atoms with Crippen molar-refractivity contribution in [2.75, 3.05) is 25.0 Å². The molecule has 6 heteroatoms. The molecular formula is C22H26FN3O2. The van der Waals surface area contributed by atoms with Gasteiger partial charge in [-0.15, -0.1) is 0 Å². The number of anilines is 1. The van der Waals surface area contributed by atoms with Crippen LogP contribution in [0.3, 0.4) is 0 Å². The number of carbonyl (C=O) groups is 2. The molecule has 1 aliphatic heterocycles. The summed E-state index contributed by atoms with van der Waals surface area (Å²) >= 11 is 0. The number of nitrogens with zero attached hydrogens (tertiary/aromatic N) is 1. The van der Waals surface area contributed by atoms with Gasteiger partial charge in [-0.25, -0.2) is 4.39 Å². The Kier molecular flexibility index (Phi) is 6.76. The van der Waals surface area contributed by atoms with E-state index in [0.29, 0.717) is 18.7 Å². The van der Waals surface area contributed by atoms with Crippen LogP contribution in [-0.2, 0) is 16.1 Å². The lowest BCUT2D eigenvalue weighted by molar-refractivity contribution is -0.125. The van der Waals surface area contributed by atoms with Crippen LogP contribution in [0.5, 0.6) is 0 Å². The molecule has 0 saturated carbocycles. The van der Waals surface area contributed by atoms with Crippen LogP contribution in [0.25, 0.3) is 0 Å². The van der Waals surface area contributed by atoms with E-state index in [2.05, 4.69) is 10.6 Å². The summed E-state index contributed by atoms with van der Waals surface area (Å²) in [6.07, 6.45) is 1.70. The Morgan fingerprint density at radius 2 is 1.96 bits per heavy atom. The molecule has 2 amide bonds. The number of aryl methyl sites for hydroxylation is 1. The Bertz CT molecular complexity index is 826. The van der Waals surface area contributed by atoms with E-state index in [1.54, 1.807) is 13.0 Å². The van der Waals surface area contributed by atoms with Crippen LogP contribution in [0.15, 0.2) is 48.5 Å². The summed E-state index contributed by atoms with van der Waals surface area (Å²) in [4.78, 5) is 26.8. The molecule has 0 aliphatic carbocycles. The highest BCUT2D eigenvalue weighted by atomic mass is 19.1. The van der Waals surface area contributed by atoms with Crippen molar-refractivity contribution in [1.82, 2.24) is 10.2 Å². The van der Waals surface area contributed by atoms with Gasteiger partial charge in [-0.2, -0.15) is 0 Å². The fraction of sp³-hybridized carbons (Fsp3) is 0.364. The Hall–Kier alpha value is -2.73. The van der Waals surface area contributed by atoms with Crippen LogP contribution in [0.4, 0.5) is 10.1 Å². The minimum atomic E-state index is -0.268. The average molecular weight is 383 g/mol. The highest BCUT2D eigenvalue weighted by Gasteiger charge is 2.26. The van der Waals surface area contributed by atoms with E-state index in [9.17, 15) is 14.0 Å². The number of para-hydroxylation sites is 1. The van der Waals surface area contributed by atoms with Gasteiger partial charge in [0.1, 0.15) is 5.82 Å². The first kappa shape index (κ1) is 20.0. The fourth-order valence-electron chi connectivity index (χ4n) is 3.38. The number of piperidine rings is 1. The van der Waals surface area contributed by atoms with E-state index in [1.165, 1.54) is 6.07 Å². The van der Waals surface area contributed by atoms with E-state index in [1.807, 2.05) is 41.3 Å². The van der Waals surface area contributed by atoms with Gasteiger partial charge in [-0.3, -0.25) is 14.5 Å². The molecule has 3 rings (SSSR count). The molecule has 0 bridgehead atoms. The molecule has 1 atom stereocenters. The first-order valence-corrected chi connectivity index (χ1v) is 9.61. The quantitative estimate of drug-likeness (QED) is 0.806. The third kappa shape index (κ3) is 5.63. The second kappa shape index (κ2) is 9.46. The zero-order valence-corrected chi connectivity index (χ0v) is 16.1. The first-order chi connectivity index (χ1) is 13.5. The number of amides is 2. The molecule has 1 aliphatic rings. The second-order valence-electron chi connectivity index (χ2n) is 7.29. The number of likely N-dealkylation sites (tertiary alicyclic amines) is 1. The molecule has 0 radical (unpaired) electrons. The molecule has 0 unspecified atom stereocenters. The topological polar surface area (TPSA) is 61.4 Å². The van der Waals surface area contributed by atoms with Crippen LogP contribution in [0.2, 0.25) is 0 Å². The number of benzene rings is 2. The van der Waals surface area contributed by atoms with Crippen molar-refractivity contribution in [3.63, 3.8) is 0 Å². The molecule has 1 fully saturated rings. The molecule has 5 nitrogen and oxygen atoms in total. The van der Waals surface area contributed by atoms with Crippen molar-refractivity contribution in [2.45, 2.75) is 26.3 Å². The van der Waals surface area contributed by atoms with Crippen LogP contribution >= 0.6 is 0 Å². The smallest absolute Gasteiger partial charge is 0.234 e. The van der Waals surface area contributed by atoms with Gasteiger partial charge in [0.25, 0.3) is 0 Å². The maximum absolute atomic E-state index is 13.6. The molecule has 28 heavy (non-hydrogen) atoms. The molecule has 2 aromatic rings. The largest absolute Gasteiger partial charge is 0.351 e. The lowest BCUT2D eigenvalue weighted by Gasteiger charge is -2.31. The summed E-state index contributed by atoms with van der Waals surface area (Å²) in [7, 11) is 0. The highest BCUT2D eigenvalue weighted by molar-refractivity contribution is 5.92. The maximum Gasteiger partial charge on any atom is 0.234 e. The van der Waals surface area contributed by atoms with Crippen molar-refractivity contribution < 1.29 is 14.0 Å². The minimum Gasteiger partial charge on any atom is -0.351 e. The van der Waals surface area contributed by atoms with Crippen LogP contribution in [-0.4, -0.2) is 36.3 Å². The Labute approximate surface area is 164 Å². The number of nitrogens with one attached hydrogen (secondary N) is 2. The summed E-state index contributed by atoms with van der Waals surface area (Å²) in [5, 5.41) is 5.77. The number of hydrogen-bond acceptors (Lipinski definition) is 3. The fourth-order valence-corrected chi connectivity index (χ4v) is 3.38. The molecule has 1 saturated heterocycles. The summed E-state index contributed by atoms with van der Waals surface area (Å²) < 4.78 is 13.6. The SMILES string of the molecule is Cc1ccc(CNC(=O)CN2CCC[C@H](C(=O)Nc3ccccc3)C2)cc1F. The molecule has 0 aromatic heterocycles. The van der Waals surface area contributed by atoms with Crippen LogP contribution < -0.4 is 10.6 Å². The summed E-state index contributed by atoms with van der Waals surface area (Å²) in [5.41, 5.74) is 2.10. The zero-order valence-electron chi connectivity index (χ0n) is 16.1. The number of carbonyl (C=O) groups excluding carboxylic acids is 2. The van der Waals surface area contributed by atoms with Crippen LogP contribution in [0.1, 0.15) is 24.0 Å². The van der Waals surface area contributed by atoms with Gasteiger partial charge in [0.15, 0.2) is 0 Å². The Balaban J connectivity index is 1.46. The first-order valence-electron chi connectivity index (χ1n) is 9.61. The lowest BCUT2D eigenvalue weighted by atomic mass is 9.97. The molecule has 148 valence electrons. The molecule has 0 spiro atoms. The van der Waals surface area contributed by atoms with E-state index >= 15 is 0 Å². The zero-order chi connectivity index (χ0) is 19.9. The summed E-state index contributed by atoms with van der Waals surface area (Å²) in [5.74, 6) is -0.528. The van der Waals surface area contributed by atoms with Crippen molar-refractivity contribution in [2.24, 2.45) is 5.92 Å². The molecule has 2 aromatic carbocycles. The van der Waals surface area contributed by atoms with Gasteiger partial charge in [-0.1, -0.05) is 30.3 Å². The normalized spacial score (nSPS) is 17.1. The van der Waals surface area contributed by atoms with Gasteiger partial charge in [0, 0.05) is 18.8 Å². The number of rotatable bonds is 6. The number of hydrogen-bond donors (Lipinski definition) is 2. The second-order valence-corrected chi connectivity index (χ2v) is 7.29. The Morgan fingerprint density at radius 1 is 1.18 bits per heavy atom. The van der Waals surface area contributed by atoms with Gasteiger partial charge in [0.05, 0.1) is 12.5 Å². The van der Waals surface area contributed by atoms with Crippen molar-refractivity contribution >= 4 is 17.5 Å². The number of halogens is 1. The van der Waals surface area contributed by atoms with Gasteiger partial charge in [-0.05, 0) is 55.6 Å². The predicted octanol–water partition coefficient (Wildman–Crippen LogP) is 3.10. The Morgan fingerprint density at radius 3 is 2.71 bits per heavy atom. The minimum absolute atomic E-state index is 0.00793. The molecule has 2 N–H and O–H groups in total. The lowest BCUT2D eigenvalue weighted by Crippen LogP contribution is -2.45. The van der Waals surface area contributed by atoms with Crippen molar-refractivity contribution in [3.05, 3.63) is 65.5 Å². The summed E-state index contributed by atoms with van der Waals surface area (Å²) in [6.45, 7) is 3.59. The van der Waals surface area contributed by atoms with Crippen LogP contribution in [0, 0.1) is 18.7 Å². The van der Waals surface area contributed by atoms with Gasteiger partial charge in [0.2, 0.25) is 11.8 Å². The van der Waals surface area contributed by atoms with Crippen molar-refractivity contribution in [3.8, 4) is 0 Å². The van der Waals surface area contributed by atoms with E-state index < -0.39 is 0 Å². The molecular weight excluding hydrogens is 357 g/mol. The highest BCUT2D eigenvalue weighted by Crippen LogP contribution is 2.18. The third-order valence-corrected chi connectivity index (χ3v) is 5.01. The van der Waals surface area contributed by atoms with E-state index in [0.717, 1.165) is 30.6 Å². The van der Waals surface area contributed by atoms with Gasteiger partial charge >= 0.3 is 0 Å². The van der Waals surface area contributed by atoms with E-state index in [4.69, 9.17) is 0 Å². The third-order valence-electron chi connectivity index (χ3n) is 5.01. The monoisotopic (exact) mass is 383 g/mol. The van der Waals surface area contributed by atoms with Crippen molar-refractivity contribution in [1.29, 1.82) is 0 Å². The summed E-state index contributed by atoms with van der Waals surface area (Å²) in [6, 6.07) is 14.3. The van der Waals surface area contributed by atoms with E-state index in [-0.39, 0.29) is 30.1 Å². The standard InChI is InChI=1S/C22H26FN3O2/c1-16-9-10-17(12-20(16)23)13-24-21(27)15-26-11-5-6-18(14-26)22(28)25-19-7-3-2-4-8-19/h2-4,7-10,12,18H,5-6,11,13-15H2,1H3,(H,24,27)(H,25,28)/t18-/m0/s1. The predicted molar refractivity (Wildman–Crippen MR) is 107 cm³/mol. The maximum atomic E-state index is 13.6. The van der Waals surface area contributed by atoms with Gasteiger partial charge < -0.3 is 10.6 Å². The average Bonchev–Trinajstić information content (AvgIpc) is 2.70.